The van der Waals surface area contributed by atoms with Crippen LogP contribution in [-0.2, 0) is 115 Å². The first-order valence-corrected chi connectivity index (χ1v) is 33.0. The topological polar surface area (TPSA) is 186 Å². The standard InChI is InChI=1S/C73H108O12/c1-9-17-25-57-41-53(42-58(69(57)78)26-18-10-2)33-37-65(74)82-49-73(50-83-66(75)38-34-54-43-59(27-19-11-3)70(79)60(44-54)28-20-12-4,51-84-67(76)39-35-55-45-61(29-21-13-5)71(80)62(46-55)30-22-14-6)52-85-68(77)40-36-56-47-63(31-23-15-7)72(81)64(48-56)32-24-16-8/h41-48,78-81H,9-40,49-52H2,1-8H3. The lowest BCUT2D eigenvalue weighted by Gasteiger charge is -2.31. The molecule has 0 aromatic heterocycles. The second-order valence-electron chi connectivity index (χ2n) is 24.0. The van der Waals surface area contributed by atoms with Crippen LogP contribution in [0.5, 0.6) is 23.0 Å². The Morgan fingerprint density at radius 1 is 0.282 bits per heavy atom. The molecule has 472 valence electrons. The molecule has 0 aliphatic rings. The highest BCUT2D eigenvalue weighted by molar-refractivity contribution is 5.72. The Morgan fingerprint density at radius 2 is 0.435 bits per heavy atom. The lowest BCUT2D eigenvalue weighted by atomic mass is 9.91. The maximum absolute atomic E-state index is 14.0. The van der Waals surface area contributed by atoms with E-state index in [0.717, 1.165) is 221 Å². The van der Waals surface area contributed by atoms with Gasteiger partial charge in [-0.2, -0.15) is 0 Å². The number of aromatic hydroxyl groups is 4. The number of rotatable bonds is 44. The molecular weight excluding hydrogens is 1070 g/mol. The highest BCUT2D eigenvalue weighted by Crippen LogP contribution is 2.33. The Kier molecular flexibility index (Phi) is 33.3. The van der Waals surface area contributed by atoms with Crippen molar-refractivity contribution >= 4 is 23.9 Å². The number of phenols is 4. The molecule has 85 heavy (non-hydrogen) atoms. The van der Waals surface area contributed by atoms with Gasteiger partial charge in [-0.25, -0.2) is 0 Å². The van der Waals surface area contributed by atoms with E-state index in [1.54, 1.807) is 0 Å². The van der Waals surface area contributed by atoms with E-state index >= 15 is 0 Å². The van der Waals surface area contributed by atoms with Crippen molar-refractivity contribution in [2.24, 2.45) is 5.41 Å². The van der Waals surface area contributed by atoms with Gasteiger partial charge in [-0.05, 0) is 195 Å². The van der Waals surface area contributed by atoms with Crippen molar-refractivity contribution in [2.45, 2.75) is 261 Å². The first-order chi connectivity index (χ1) is 41.1. The van der Waals surface area contributed by atoms with E-state index in [2.05, 4.69) is 55.4 Å². The first kappa shape index (κ1) is 71.4. The minimum absolute atomic E-state index is 0.00594. The van der Waals surface area contributed by atoms with Crippen molar-refractivity contribution in [1.82, 2.24) is 0 Å². The number of hydrogen-bond acceptors (Lipinski definition) is 12. The van der Waals surface area contributed by atoms with E-state index in [-0.39, 0.29) is 25.7 Å². The summed E-state index contributed by atoms with van der Waals surface area (Å²) in [7, 11) is 0. The smallest absolute Gasteiger partial charge is 0.306 e. The van der Waals surface area contributed by atoms with E-state index in [4.69, 9.17) is 18.9 Å². The van der Waals surface area contributed by atoms with Gasteiger partial charge in [0.1, 0.15) is 54.8 Å². The summed E-state index contributed by atoms with van der Waals surface area (Å²) in [6.07, 6.45) is 22.2. The number of carbonyl (C=O) groups excluding carboxylic acids is 4. The van der Waals surface area contributed by atoms with Gasteiger partial charge in [0.2, 0.25) is 0 Å². The molecule has 0 heterocycles. The fourth-order valence-corrected chi connectivity index (χ4v) is 10.8. The third-order valence-corrected chi connectivity index (χ3v) is 16.3. The maximum Gasteiger partial charge on any atom is 0.306 e. The molecule has 0 atom stereocenters. The van der Waals surface area contributed by atoms with E-state index < -0.39 is 55.7 Å². The summed E-state index contributed by atoms with van der Waals surface area (Å²) >= 11 is 0. The van der Waals surface area contributed by atoms with E-state index in [1.165, 1.54) is 0 Å². The van der Waals surface area contributed by atoms with Crippen LogP contribution in [0.2, 0.25) is 0 Å². The minimum atomic E-state index is -1.52. The van der Waals surface area contributed by atoms with Gasteiger partial charge in [0, 0.05) is 25.7 Å². The summed E-state index contributed by atoms with van der Waals surface area (Å²) in [5, 5.41) is 44.8. The van der Waals surface area contributed by atoms with Crippen molar-refractivity contribution in [2.75, 3.05) is 26.4 Å². The molecule has 0 saturated carbocycles. The van der Waals surface area contributed by atoms with Crippen LogP contribution in [0.15, 0.2) is 48.5 Å². The first-order valence-electron chi connectivity index (χ1n) is 33.0. The fraction of sp³-hybridized carbons (Fsp3) is 0.616. The van der Waals surface area contributed by atoms with Gasteiger partial charge in [-0.1, -0.05) is 155 Å². The van der Waals surface area contributed by atoms with Gasteiger partial charge < -0.3 is 39.4 Å². The maximum atomic E-state index is 14.0. The molecule has 0 aliphatic carbocycles. The number of hydrogen-bond donors (Lipinski definition) is 4. The second-order valence-corrected chi connectivity index (χ2v) is 24.0. The highest BCUT2D eigenvalue weighted by Gasteiger charge is 2.38. The molecule has 0 aliphatic heterocycles. The molecule has 4 aromatic carbocycles. The van der Waals surface area contributed by atoms with Gasteiger partial charge in [-0.3, -0.25) is 19.2 Å². The molecular formula is C73H108O12. The number of carbonyl (C=O) groups is 4. The van der Waals surface area contributed by atoms with E-state index in [1.807, 2.05) is 48.5 Å². The van der Waals surface area contributed by atoms with E-state index in [9.17, 15) is 39.6 Å². The highest BCUT2D eigenvalue weighted by atomic mass is 16.6. The van der Waals surface area contributed by atoms with Crippen LogP contribution in [0.4, 0.5) is 0 Å². The molecule has 4 N–H and O–H groups in total. The van der Waals surface area contributed by atoms with Crippen LogP contribution in [0.3, 0.4) is 0 Å². The summed E-state index contributed by atoms with van der Waals surface area (Å²) in [6, 6.07) is 15.8. The van der Waals surface area contributed by atoms with Crippen LogP contribution in [0.25, 0.3) is 0 Å². The molecule has 0 fully saturated rings. The molecule has 0 bridgehead atoms. The number of phenolic OH excluding ortho intramolecular Hbond substituents is 4. The fourth-order valence-electron chi connectivity index (χ4n) is 10.8. The summed E-state index contributed by atoms with van der Waals surface area (Å²) in [4.78, 5) is 56.1. The SMILES string of the molecule is CCCCc1cc(CCC(=O)OCC(COC(=O)CCc2cc(CCCC)c(O)c(CCCC)c2)(COC(=O)CCc2cc(CCCC)c(O)c(CCCC)c2)COC(=O)CCc2cc(CCCC)c(O)c(CCCC)c2)cc(CCCC)c1O. The molecule has 0 radical (unpaired) electrons. The predicted octanol–water partition coefficient (Wildman–Crippen LogP) is 16.2. The van der Waals surface area contributed by atoms with Crippen molar-refractivity contribution in [1.29, 1.82) is 0 Å². The molecule has 12 nitrogen and oxygen atoms in total. The molecule has 0 amide bonds. The number of aryl methyl sites for hydroxylation is 12. The Morgan fingerprint density at radius 3 is 0.576 bits per heavy atom. The van der Waals surface area contributed by atoms with Gasteiger partial charge >= 0.3 is 23.9 Å². The van der Waals surface area contributed by atoms with Crippen molar-refractivity contribution in [3.63, 3.8) is 0 Å². The third kappa shape index (κ3) is 25.1. The second kappa shape index (κ2) is 39.6. The minimum Gasteiger partial charge on any atom is -0.507 e. The van der Waals surface area contributed by atoms with Crippen LogP contribution in [0.1, 0.15) is 251 Å². The van der Waals surface area contributed by atoms with Crippen molar-refractivity contribution < 1.29 is 58.6 Å². The Hall–Kier alpha value is -6.04. The number of ether oxygens (including phenoxy) is 4. The lowest BCUT2D eigenvalue weighted by Crippen LogP contribution is -2.44. The molecule has 0 spiro atoms. The van der Waals surface area contributed by atoms with Crippen molar-refractivity contribution in [3.8, 4) is 23.0 Å². The number of esters is 4. The summed E-state index contributed by atoms with van der Waals surface area (Å²) in [6.45, 7) is 15.3. The zero-order valence-electron chi connectivity index (χ0n) is 53.6. The van der Waals surface area contributed by atoms with Gasteiger partial charge in [0.15, 0.2) is 0 Å². The Bertz CT molecular complexity index is 2190. The van der Waals surface area contributed by atoms with Gasteiger partial charge in [0.25, 0.3) is 0 Å². The zero-order chi connectivity index (χ0) is 62.0. The quantitative estimate of drug-likeness (QED) is 0.0243. The van der Waals surface area contributed by atoms with Gasteiger partial charge in [0.05, 0.1) is 0 Å². The lowest BCUT2D eigenvalue weighted by molar-refractivity contribution is -0.170. The Labute approximate surface area is 511 Å². The number of benzene rings is 4. The van der Waals surface area contributed by atoms with Crippen LogP contribution >= 0.6 is 0 Å². The average Bonchev–Trinajstić information content (AvgIpc) is 3.61. The summed E-state index contributed by atoms with van der Waals surface area (Å²) in [5.41, 5.74) is 9.01. The third-order valence-electron chi connectivity index (χ3n) is 16.3. The Balaban J connectivity index is 1.69. The van der Waals surface area contributed by atoms with Crippen LogP contribution in [0, 0.1) is 5.41 Å². The van der Waals surface area contributed by atoms with Gasteiger partial charge in [-0.15, -0.1) is 0 Å². The normalized spacial score (nSPS) is 11.5. The van der Waals surface area contributed by atoms with Crippen molar-refractivity contribution in [3.05, 3.63) is 115 Å². The summed E-state index contributed by atoms with van der Waals surface area (Å²) < 4.78 is 24.4. The molecule has 0 saturated heterocycles. The van der Waals surface area contributed by atoms with Crippen LogP contribution < -0.4 is 0 Å². The molecule has 4 rings (SSSR count). The summed E-state index contributed by atoms with van der Waals surface area (Å²) in [5.74, 6) is -0.914. The average molecular weight is 1180 g/mol. The molecule has 4 aromatic rings. The zero-order valence-corrected chi connectivity index (χ0v) is 53.6. The monoisotopic (exact) mass is 1180 g/mol. The predicted molar refractivity (Wildman–Crippen MR) is 341 cm³/mol. The van der Waals surface area contributed by atoms with E-state index in [0.29, 0.717) is 48.7 Å². The number of unbranched alkanes of at least 4 members (excludes halogenated alkanes) is 8. The van der Waals surface area contributed by atoms with Crippen LogP contribution in [-0.4, -0.2) is 70.7 Å². The molecule has 0 unspecified atom stereocenters. The molecule has 12 heteroatoms. The largest absolute Gasteiger partial charge is 0.507 e.